The lowest BCUT2D eigenvalue weighted by molar-refractivity contribution is -0.191. The van der Waals surface area contributed by atoms with Crippen LogP contribution >= 0.6 is 0 Å². The maximum atomic E-state index is 12.5. The van der Waals surface area contributed by atoms with E-state index in [9.17, 15) is 18.3 Å². The van der Waals surface area contributed by atoms with Crippen molar-refractivity contribution in [2.75, 3.05) is 19.8 Å². The average Bonchev–Trinajstić information content (AvgIpc) is 2.18. The number of halogens is 3. The van der Waals surface area contributed by atoms with Gasteiger partial charge < -0.3 is 14.6 Å². The Hall–Kier alpha value is -0.330. The highest BCUT2D eigenvalue weighted by Gasteiger charge is 2.39. The van der Waals surface area contributed by atoms with Gasteiger partial charge in [0.25, 0.3) is 0 Å². The Morgan fingerprint density at radius 2 is 1.43 bits per heavy atom. The normalized spacial score (nSPS) is 16.9. The molecule has 0 aromatic heterocycles. The molecule has 0 aromatic rings. The molecule has 21 heavy (non-hydrogen) atoms. The summed E-state index contributed by atoms with van der Waals surface area (Å²) in [5, 5.41) is 9.98. The van der Waals surface area contributed by atoms with Gasteiger partial charge >= 0.3 is 6.18 Å². The summed E-state index contributed by atoms with van der Waals surface area (Å²) >= 11 is 0. The second-order valence-electron chi connectivity index (χ2n) is 7.28. The zero-order chi connectivity index (χ0) is 16.9. The van der Waals surface area contributed by atoms with Crippen LogP contribution in [0.1, 0.15) is 54.4 Å². The molecule has 0 heterocycles. The van der Waals surface area contributed by atoms with E-state index in [0.29, 0.717) is 19.6 Å². The molecule has 1 N–H and O–H groups in total. The number of hydrogen-bond acceptors (Lipinski definition) is 3. The summed E-state index contributed by atoms with van der Waals surface area (Å²) in [5.41, 5.74) is -2.79. The Kier molecular flexibility index (Phi) is 7.17. The Balaban J connectivity index is 4.74. The molecule has 1 unspecified atom stereocenters. The van der Waals surface area contributed by atoms with Crippen LogP contribution < -0.4 is 0 Å². The largest absolute Gasteiger partial charge is 0.391 e. The van der Waals surface area contributed by atoms with E-state index in [0.717, 1.165) is 0 Å². The molecule has 3 nitrogen and oxygen atoms in total. The zero-order valence-corrected chi connectivity index (χ0v) is 13.9. The molecule has 0 aliphatic rings. The average molecular weight is 314 g/mol. The van der Waals surface area contributed by atoms with Gasteiger partial charge in [-0.1, -0.05) is 6.92 Å². The first-order valence-electron chi connectivity index (χ1n) is 7.19. The summed E-state index contributed by atoms with van der Waals surface area (Å²) in [4.78, 5) is 0. The highest BCUT2D eigenvalue weighted by atomic mass is 19.4. The van der Waals surface area contributed by atoms with Crippen molar-refractivity contribution in [2.24, 2.45) is 5.41 Å². The highest BCUT2D eigenvalue weighted by molar-refractivity contribution is 4.84. The van der Waals surface area contributed by atoms with E-state index in [4.69, 9.17) is 9.47 Å². The monoisotopic (exact) mass is 314 g/mol. The first kappa shape index (κ1) is 20.7. The molecular weight excluding hydrogens is 285 g/mol. The SMILES string of the molecule is CCOCC(C)(COC(C)(C)CC(F)(F)F)CC(C)(C)O. The summed E-state index contributed by atoms with van der Waals surface area (Å²) in [6.07, 6.45) is -4.90. The third-order valence-electron chi connectivity index (χ3n) is 2.95. The van der Waals surface area contributed by atoms with Crippen molar-refractivity contribution < 1.29 is 27.8 Å². The molecule has 1 atom stereocenters. The second-order valence-corrected chi connectivity index (χ2v) is 7.28. The topological polar surface area (TPSA) is 38.7 Å². The van der Waals surface area contributed by atoms with Gasteiger partial charge in [0.05, 0.1) is 30.8 Å². The number of aliphatic hydroxyl groups is 1. The van der Waals surface area contributed by atoms with Crippen molar-refractivity contribution >= 4 is 0 Å². The van der Waals surface area contributed by atoms with Crippen LogP contribution in [0, 0.1) is 5.41 Å². The quantitative estimate of drug-likeness (QED) is 0.700. The molecule has 0 aliphatic heterocycles. The van der Waals surface area contributed by atoms with Crippen LogP contribution in [0.2, 0.25) is 0 Å². The number of alkyl halides is 3. The summed E-state index contributed by atoms with van der Waals surface area (Å²) in [6.45, 7) is 10.8. The van der Waals surface area contributed by atoms with Crippen LogP contribution in [0.25, 0.3) is 0 Å². The van der Waals surface area contributed by atoms with Gasteiger partial charge in [0.15, 0.2) is 0 Å². The fourth-order valence-corrected chi connectivity index (χ4v) is 2.44. The van der Waals surface area contributed by atoms with E-state index in [2.05, 4.69) is 0 Å². The first-order chi connectivity index (χ1) is 9.18. The van der Waals surface area contributed by atoms with Gasteiger partial charge in [0, 0.05) is 12.0 Å². The van der Waals surface area contributed by atoms with Gasteiger partial charge in [-0.3, -0.25) is 0 Å². The third kappa shape index (κ3) is 11.0. The van der Waals surface area contributed by atoms with Gasteiger partial charge in [-0.2, -0.15) is 13.2 Å². The molecule has 0 bridgehead atoms. The Morgan fingerprint density at radius 3 is 1.81 bits per heavy atom. The molecule has 6 heteroatoms. The molecule has 0 aliphatic carbocycles. The van der Waals surface area contributed by atoms with Crippen molar-refractivity contribution in [3.8, 4) is 0 Å². The van der Waals surface area contributed by atoms with Crippen molar-refractivity contribution in [3.05, 3.63) is 0 Å². The summed E-state index contributed by atoms with van der Waals surface area (Å²) in [5.74, 6) is 0. The minimum absolute atomic E-state index is 0.0973. The van der Waals surface area contributed by atoms with Crippen molar-refractivity contribution in [1.82, 2.24) is 0 Å². The minimum Gasteiger partial charge on any atom is -0.390 e. The zero-order valence-electron chi connectivity index (χ0n) is 13.9. The summed E-state index contributed by atoms with van der Waals surface area (Å²) in [6, 6.07) is 0. The molecule has 0 saturated heterocycles. The predicted molar refractivity (Wildman–Crippen MR) is 76.2 cm³/mol. The lowest BCUT2D eigenvalue weighted by Gasteiger charge is -2.37. The van der Waals surface area contributed by atoms with Gasteiger partial charge in [0.2, 0.25) is 0 Å². The van der Waals surface area contributed by atoms with E-state index < -0.39 is 29.2 Å². The number of hydrogen-bond donors (Lipinski definition) is 1. The Labute approximate surface area is 125 Å². The van der Waals surface area contributed by atoms with Crippen LogP contribution in [0.15, 0.2) is 0 Å². The van der Waals surface area contributed by atoms with Gasteiger partial charge in [0.1, 0.15) is 0 Å². The maximum Gasteiger partial charge on any atom is 0.391 e. The van der Waals surface area contributed by atoms with E-state index in [1.807, 2.05) is 13.8 Å². The minimum atomic E-state index is -4.27. The molecular formula is C15H29F3O3. The predicted octanol–water partition coefficient (Wildman–Crippen LogP) is 3.94. The van der Waals surface area contributed by atoms with E-state index >= 15 is 0 Å². The maximum absolute atomic E-state index is 12.5. The van der Waals surface area contributed by atoms with Crippen LogP contribution in [0.3, 0.4) is 0 Å². The van der Waals surface area contributed by atoms with Crippen molar-refractivity contribution in [1.29, 1.82) is 0 Å². The molecule has 0 aromatic carbocycles. The van der Waals surface area contributed by atoms with Gasteiger partial charge in [-0.25, -0.2) is 0 Å². The molecule has 0 amide bonds. The molecule has 128 valence electrons. The van der Waals surface area contributed by atoms with E-state index in [1.165, 1.54) is 13.8 Å². The van der Waals surface area contributed by atoms with Gasteiger partial charge in [-0.05, 0) is 41.0 Å². The van der Waals surface area contributed by atoms with Crippen LogP contribution in [0.5, 0.6) is 0 Å². The van der Waals surface area contributed by atoms with Crippen LogP contribution in [0.4, 0.5) is 13.2 Å². The number of ether oxygens (including phenoxy) is 2. The smallest absolute Gasteiger partial charge is 0.390 e. The van der Waals surface area contributed by atoms with Crippen molar-refractivity contribution in [2.45, 2.75) is 71.8 Å². The molecule has 0 rings (SSSR count). The first-order valence-corrected chi connectivity index (χ1v) is 7.19. The molecule has 0 saturated carbocycles. The molecule has 0 radical (unpaired) electrons. The fourth-order valence-electron chi connectivity index (χ4n) is 2.44. The Morgan fingerprint density at radius 1 is 0.905 bits per heavy atom. The lowest BCUT2D eigenvalue weighted by atomic mass is 9.81. The van der Waals surface area contributed by atoms with Gasteiger partial charge in [-0.15, -0.1) is 0 Å². The van der Waals surface area contributed by atoms with Crippen LogP contribution in [-0.2, 0) is 9.47 Å². The lowest BCUT2D eigenvalue weighted by Crippen LogP contribution is -2.41. The van der Waals surface area contributed by atoms with E-state index in [-0.39, 0.29) is 6.61 Å². The molecule has 0 spiro atoms. The standard InChI is InChI=1S/C15H29F3O3/c1-7-20-10-14(6,8-12(2,3)19)11-21-13(4,5)9-15(16,17)18/h19H,7-11H2,1-6H3. The Bertz CT molecular complexity index is 308. The fraction of sp³-hybridized carbons (Fsp3) is 1.00. The third-order valence-corrected chi connectivity index (χ3v) is 2.95. The summed E-state index contributed by atoms with van der Waals surface area (Å²) in [7, 11) is 0. The van der Waals surface area contributed by atoms with E-state index in [1.54, 1.807) is 13.8 Å². The summed E-state index contributed by atoms with van der Waals surface area (Å²) < 4.78 is 48.4. The van der Waals surface area contributed by atoms with Crippen molar-refractivity contribution in [3.63, 3.8) is 0 Å². The number of rotatable bonds is 9. The molecule has 0 fully saturated rings. The van der Waals surface area contributed by atoms with Crippen LogP contribution in [-0.4, -0.2) is 42.3 Å². The second kappa shape index (κ2) is 7.29. The highest BCUT2D eigenvalue weighted by Crippen LogP contribution is 2.34.